The van der Waals surface area contributed by atoms with E-state index in [-0.39, 0.29) is 0 Å². The Labute approximate surface area is 108 Å². The van der Waals surface area contributed by atoms with Crippen LogP contribution < -0.4 is 10.1 Å². The molecule has 3 fully saturated rings. The predicted octanol–water partition coefficient (Wildman–Crippen LogP) is 2.94. The molecule has 1 aromatic rings. The number of ether oxygens (including phenoxy) is 1. The summed E-state index contributed by atoms with van der Waals surface area (Å²) in [6.07, 6.45) is 6.26. The molecule has 3 nitrogen and oxygen atoms in total. The molecule has 0 amide bonds. The largest absolute Gasteiger partial charge is 0.490 e. The third-order valence-electron chi connectivity index (χ3n) is 5.11. The van der Waals surface area contributed by atoms with Gasteiger partial charge in [-0.15, -0.1) is 0 Å². The zero-order valence-electron chi connectivity index (χ0n) is 10.8. The Morgan fingerprint density at radius 3 is 2.83 bits per heavy atom. The summed E-state index contributed by atoms with van der Waals surface area (Å²) in [6.45, 7) is 2.71. The van der Waals surface area contributed by atoms with Crippen molar-refractivity contribution >= 4 is 5.82 Å². The van der Waals surface area contributed by atoms with Crippen molar-refractivity contribution < 1.29 is 4.74 Å². The summed E-state index contributed by atoms with van der Waals surface area (Å²) in [5, 5.41) is 3.64. The lowest BCUT2D eigenvalue weighted by Crippen LogP contribution is -2.14. The van der Waals surface area contributed by atoms with Crippen molar-refractivity contribution in [3.8, 4) is 5.75 Å². The van der Waals surface area contributed by atoms with Crippen LogP contribution in [-0.2, 0) is 0 Å². The highest BCUT2D eigenvalue weighted by molar-refractivity contribution is 5.52. The number of anilines is 1. The molecule has 1 N–H and O–H groups in total. The van der Waals surface area contributed by atoms with E-state index in [1.807, 2.05) is 25.3 Å². The van der Waals surface area contributed by atoms with E-state index in [4.69, 9.17) is 4.74 Å². The highest BCUT2D eigenvalue weighted by atomic mass is 16.5. The smallest absolute Gasteiger partial charge is 0.168 e. The topological polar surface area (TPSA) is 34.1 Å². The van der Waals surface area contributed by atoms with Crippen LogP contribution in [0.5, 0.6) is 5.75 Å². The number of hydrogen-bond donors (Lipinski definition) is 1. The first-order valence-corrected chi connectivity index (χ1v) is 7.23. The number of rotatable bonds is 4. The second-order valence-electron chi connectivity index (χ2n) is 5.94. The molecule has 96 valence electrons. The molecule has 0 spiro atoms. The number of hydrogen-bond acceptors (Lipinski definition) is 3. The third kappa shape index (κ3) is 1.46. The Morgan fingerprint density at radius 2 is 2.11 bits per heavy atom. The first-order valence-electron chi connectivity index (χ1n) is 7.23. The van der Waals surface area contributed by atoms with Crippen LogP contribution in [0.2, 0.25) is 0 Å². The molecule has 0 aliphatic heterocycles. The molecule has 4 rings (SSSR count). The van der Waals surface area contributed by atoms with Crippen molar-refractivity contribution in [3.05, 3.63) is 18.3 Å². The molecule has 18 heavy (non-hydrogen) atoms. The second kappa shape index (κ2) is 3.87. The quantitative estimate of drug-likeness (QED) is 0.884. The fourth-order valence-electron chi connectivity index (χ4n) is 4.45. The van der Waals surface area contributed by atoms with Gasteiger partial charge >= 0.3 is 0 Å². The van der Waals surface area contributed by atoms with Crippen molar-refractivity contribution in [2.45, 2.75) is 32.2 Å². The van der Waals surface area contributed by atoms with E-state index in [0.29, 0.717) is 12.6 Å². The zero-order valence-corrected chi connectivity index (χ0v) is 10.8. The molecular weight excluding hydrogens is 224 g/mol. The van der Waals surface area contributed by atoms with Gasteiger partial charge in [0, 0.05) is 12.2 Å². The maximum atomic E-state index is 5.63. The zero-order chi connectivity index (χ0) is 12.1. The van der Waals surface area contributed by atoms with E-state index in [1.165, 1.54) is 19.3 Å². The standard InChI is InChI=1S/C15H20N2O/c1-2-18-11-4-3-7-16-15(11)17-14-12-9-5-6-10(8-9)13(12)14/h3-4,7,9-10,12-14H,2,5-6,8H2,1H3,(H,16,17). The summed E-state index contributed by atoms with van der Waals surface area (Å²) < 4.78 is 5.63. The Kier molecular flexibility index (Phi) is 2.29. The Morgan fingerprint density at radius 1 is 1.33 bits per heavy atom. The summed E-state index contributed by atoms with van der Waals surface area (Å²) in [6, 6.07) is 4.62. The van der Waals surface area contributed by atoms with Crippen LogP contribution in [0, 0.1) is 23.7 Å². The van der Waals surface area contributed by atoms with Crippen LogP contribution in [0.4, 0.5) is 5.82 Å². The summed E-state index contributed by atoms with van der Waals surface area (Å²) >= 11 is 0. The van der Waals surface area contributed by atoms with Gasteiger partial charge in [-0.3, -0.25) is 0 Å². The summed E-state index contributed by atoms with van der Waals surface area (Å²) in [7, 11) is 0. The SMILES string of the molecule is CCOc1cccnc1NC1C2C3CCC(C3)C12. The van der Waals surface area contributed by atoms with E-state index < -0.39 is 0 Å². The van der Waals surface area contributed by atoms with Crippen molar-refractivity contribution in [2.24, 2.45) is 23.7 Å². The Hall–Kier alpha value is -1.25. The molecule has 2 bridgehead atoms. The lowest BCUT2D eigenvalue weighted by molar-refractivity contribution is 0.340. The summed E-state index contributed by atoms with van der Waals surface area (Å²) in [5.74, 6) is 5.70. The Bertz CT molecular complexity index is 446. The number of aromatic nitrogens is 1. The van der Waals surface area contributed by atoms with E-state index >= 15 is 0 Å². The maximum absolute atomic E-state index is 5.63. The van der Waals surface area contributed by atoms with E-state index in [9.17, 15) is 0 Å². The van der Waals surface area contributed by atoms with Crippen LogP contribution in [0.3, 0.4) is 0 Å². The van der Waals surface area contributed by atoms with Gasteiger partial charge in [-0.2, -0.15) is 0 Å². The van der Waals surface area contributed by atoms with E-state index in [2.05, 4.69) is 10.3 Å². The molecule has 0 saturated heterocycles. The molecule has 4 unspecified atom stereocenters. The van der Waals surface area contributed by atoms with Crippen LogP contribution in [0.15, 0.2) is 18.3 Å². The second-order valence-corrected chi connectivity index (χ2v) is 5.94. The average Bonchev–Trinajstić information content (AvgIpc) is 2.80. The number of nitrogens with zero attached hydrogens (tertiary/aromatic N) is 1. The molecule has 3 heteroatoms. The molecule has 3 saturated carbocycles. The fourth-order valence-corrected chi connectivity index (χ4v) is 4.45. The average molecular weight is 244 g/mol. The normalized spacial score (nSPS) is 39.5. The van der Waals surface area contributed by atoms with Crippen molar-refractivity contribution in [1.82, 2.24) is 4.98 Å². The molecular formula is C15H20N2O. The molecule has 4 atom stereocenters. The minimum atomic E-state index is 0.672. The van der Waals surface area contributed by atoms with Gasteiger partial charge in [-0.25, -0.2) is 4.98 Å². The molecule has 3 aliphatic carbocycles. The number of fused-ring (bicyclic) bond motifs is 5. The molecule has 0 radical (unpaired) electrons. The van der Waals surface area contributed by atoms with Gasteiger partial charge in [-0.05, 0) is 62.0 Å². The lowest BCUT2D eigenvalue weighted by Gasteiger charge is -2.14. The first kappa shape index (κ1) is 10.7. The monoisotopic (exact) mass is 244 g/mol. The first-order chi connectivity index (χ1) is 8.88. The van der Waals surface area contributed by atoms with Gasteiger partial charge in [0.1, 0.15) is 0 Å². The minimum Gasteiger partial charge on any atom is -0.490 e. The van der Waals surface area contributed by atoms with Crippen molar-refractivity contribution in [2.75, 3.05) is 11.9 Å². The van der Waals surface area contributed by atoms with Crippen LogP contribution in [0.1, 0.15) is 26.2 Å². The van der Waals surface area contributed by atoms with Crippen molar-refractivity contribution in [3.63, 3.8) is 0 Å². The highest BCUT2D eigenvalue weighted by Gasteiger charge is 2.65. The molecule has 3 aliphatic rings. The fraction of sp³-hybridized carbons (Fsp3) is 0.667. The van der Waals surface area contributed by atoms with E-state index in [0.717, 1.165) is 35.2 Å². The minimum absolute atomic E-state index is 0.672. The molecule has 0 aromatic carbocycles. The third-order valence-corrected chi connectivity index (χ3v) is 5.11. The summed E-state index contributed by atoms with van der Waals surface area (Å²) in [4.78, 5) is 4.44. The number of pyridine rings is 1. The maximum Gasteiger partial charge on any atom is 0.168 e. The highest BCUT2D eigenvalue weighted by Crippen LogP contribution is 2.66. The predicted molar refractivity (Wildman–Crippen MR) is 70.6 cm³/mol. The van der Waals surface area contributed by atoms with Crippen LogP contribution in [-0.4, -0.2) is 17.6 Å². The van der Waals surface area contributed by atoms with Gasteiger partial charge < -0.3 is 10.1 Å². The van der Waals surface area contributed by atoms with Crippen LogP contribution in [0.25, 0.3) is 0 Å². The van der Waals surface area contributed by atoms with E-state index in [1.54, 1.807) is 0 Å². The number of nitrogens with one attached hydrogen (secondary N) is 1. The van der Waals surface area contributed by atoms with Gasteiger partial charge in [0.15, 0.2) is 11.6 Å². The molecule has 1 aromatic heterocycles. The van der Waals surface area contributed by atoms with Gasteiger partial charge in [-0.1, -0.05) is 0 Å². The Balaban J connectivity index is 1.50. The van der Waals surface area contributed by atoms with Gasteiger partial charge in [0.2, 0.25) is 0 Å². The summed E-state index contributed by atoms with van der Waals surface area (Å²) in [5.41, 5.74) is 0. The van der Waals surface area contributed by atoms with Gasteiger partial charge in [0.05, 0.1) is 6.61 Å². The lowest BCUT2D eigenvalue weighted by atomic mass is 10.0. The van der Waals surface area contributed by atoms with Crippen molar-refractivity contribution in [1.29, 1.82) is 0 Å². The van der Waals surface area contributed by atoms with Gasteiger partial charge in [0.25, 0.3) is 0 Å². The molecule has 1 heterocycles. The van der Waals surface area contributed by atoms with Crippen LogP contribution >= 0.6 is 0 Å².